The van der Waals surface area contributed by atoms with Gasteiger partial charge < -0.3 is 20.6 Å². The van der Waals surface area contributed by atoms with Gasteiger partial charge >= 0.3 is 0 Å². The molecule has 0 aromatic heterocycles. The van der Waals surface area contributed by atoms with Gasteiger partial charge in [0, 0.05) is 30.2 Å². The van der Waals surface area contributed by atoms with Crippen molar-refractivity contribution in [1.82, 2.24) is 15.5 Å². The van der Waals surface area contributed by atoms with Crippen LogP contribution in [-0.2, 0) is 14.4 Å². The van der Waals surface area contributed by atoms with E-state index in [1.807, 2.05) is 0 Å². The predicted molar refractivity (Wildman–Crippen MR) is 103 cm³/mol. The van der Waals surface area contributed by atoms with Crippen LogP contribution in [0.2, 0.25) is 0 Å². The highest BCUT2D eigenvalue weighted by Gasteiger charge is 2.75. The van der Waals surface area contributed by atoms with Crippen LogP contribution in [0.25, 0.3) is 0 Å². The van der Waals surface area contributed by atoms with Crippen LogP contribution >= 0.6 is 27.7 Å². The topological polar surface area (TPSA) is 98.7 Å². The third-order valence-corrected chi connectivity index (χ3v) is 8.98. The lowest BCUT2D eigenvalue weighted by atomic mass is 9.70. The van der Waals surface area contributed by atoms with E-state index in [9.17, 15) is 19.5 Å². The number of hydrogen-bond donors (Lipinski definition) is 3. The molecule has 26 heavy (non-hydrogen) atoms. The molecule has 9 heteroatoms. The van der Waals surface area contributed by atoms with Crippen molar-refractivity contribution in [3.63, 3.8) is 0 Å². The monoisotopic (exact) mass is 447 g/mol. The van der Waals surface area contributed by atoms with Gasteiger partial charge in [-0.2, -0.15) is 0 Å². The van der Waals surface area contributed by atoms with Crippen LogP contribution in [0.3, 0.4) is 0 Å². The zero-order valence-electron chi connectivity index (χ0n) is 15.0. The van der Waals surface area contributed by atoms with Crippen LogP contribution < -0.4 is 10.6 Å². The molecule has 0 aromatic rings. The van der Waals surface area contributed by atoms with Crippen molar-refractivity contribution in [3.05, 3.63) is 0 Å². The van der Waals surface area contributed by atoms with Crippen molar-refractivity contribution in [1.29, 1.82) is 0 Å². The third kappa shape index (κ3) is 2.86. The fourth-order valence-corrected chi connectivity index (χ4v) is 8.34. The number of fused-ring (bicyclic) bond motifs is 1. The van der Waals surface area contributed by atoms with Gasteiger partial charge in [-0.15, -0.1) is 11.8 Å². The Kier molecular flexibility index (Phi) is 5.89. The molecule has 3 N–H and O–H groups in total. The van der Waals surface area contributed by atoms with E-state index in [0.29, 0.717) is 13.0 Å². The molecule has 3 aliphatic heterocycles. The molecule has 0 radical (unpaired) electrons. The average Bonchev–Trinajstić information content (AvgIpc) is 3.19. The van der Waals surface area contributed by atoms with Crippen molar-refractivity contribution in [2.75, 3.05) is 26.7 Å². The molecule has 3 amide bonds. The maximum atomic E-state index is 13.2. The van der Waals surface area contributed by atoms with Crippen LogP contribution in [0.4, 0.5) is 0 Å². The van der Waals surface area contributed by atoms with Gasteiger partial charge in [0.15, 0.2) is 0 Å². The number of rotatable bonds is 7. The summed E-state index contributed by atoms with van der Waals surface area (Å²) in [6.45, 7) is 2.53. The number of amides is 3. The fourth-order valence-electron chi connectivity index (χ4n) is 4.73. The number of likely N-dealkylation sites (tertiary alicyclic amines) is 1. The molecule has 3 rings (SSSR count). The summed E-state index contributed by atoms with van der Waals surface area (Å²) in [5, 5.41) is 15.1. The Labute approximate surface area is 166 Å². The summed E-state index contributed by atoms with van der Waals surface area (Å²) in [5.41, 5.74) is 0. The number of aliphatic hydroxyl groups excluding tert-OH is 1. The summed E-state index contributed by atoms with van der Waals surface area (Å²) in [6, 6.07) is -0.645. The van der Waals surface area contributed by atoms with Gasteiger partial charge in [0.2, 0.25) is 17.7 Å². The maximum Gasteiger partial charge on any atom is 0.244 e. The molecule has 3 heterocycles. The molecule has 3 saturated heterocycles. The lowest BCUT2D eigenvalue weighted by molar-refractivity contribution is -0.140. The summed E-state index contributed by atoms with van der Waals surface area (Å²) < 4.78 is -0.613. The minimum atomic E-state index is -0.645. The number of unbranched alkanes of at least 4 members (excludes halogenated alkanes) is 1. The third-order valence-electron chi connectivity index (χ3n) is 5.76. The fraction of sp³-hybridized carbons (Fsp3) is 0.824. The Morgan fingerprint density at radius 2 is 2.15 bits per heavy atom. The molecular weight excluding hydrogens is 422 g/mol. The van der Waals surface area contributed by atoms with Gasteiger partial charge in [0.1, 0.15) is 6.04 Å². The SMILES string of the molecule is CCCCNC(=O)C1N(CCO)C(=O)[C@@H]2[C@@H](C(=O)NC)[C@@H]3SC12CC3Br. The second kappa shape index (κ2) is 7.67. The molecule has 0 saturated carbocycles. The Morgan fingerprint density at radius 1 is 1.42 bits per heavy atom. The number of thioether (sulfide) groups is 1. The van der Waals surface area contributed by atoms with Crippen molar-refractivity contribution in [2.45, 2.75) is 47.1 Å². The minimum absolute atomic E-state index is 0.0221. The van der Waals surface area contributed by atoms with Gasteiger partial charge in [0.25, 0.3) is 0 Å². The first kappa shape index (κ1) is 19.9. The normalized spacial score (nSPS) is 37.8. The lowest BCUT2D eigenvalue weighted by Crippen LogP contribution is -2.55. The molecule has 6 atom stereocenters. The smallest absolute Gasteiger partial charge is 0.244 e. The zero-order valence-corrected chi connectivity index (χ0v) is 17.4. The molecule has 0 aliphatic carbocycles. The largest absolute Gasteiger partial charge is 0.395 e. The van der Waals surface area contributed by atoms with Gasteiger partial charge in [-0.3, -0.25) is 14.4 Å². The first-order chi connectivity index (χ1) is 12.4. The molecule has 3 aliphatic rings. The molecular formula is C17H26BrN3O4S. The lowest BCUT2D eigenvalue weighted by Gasteiger charge is -2.35. The second-order valence-electron chi connectivity index (χ2n) is 7.18. The minimum Gasteiger partial charge on any atom is -0.395 e. The average molecular weight is 448 g/mol. The van der Waals surface area contributed by atoms with Crippen molar-refractivity contribution < 1.29 is 19.5 Å². The highest BCUT2D eigenvalue weighted by atomic mass is 79.9. The molecule has 146 valence electrons. The van der Waals surface area contributed by atoms with Gasteiger partial charge in [0.05, 0.1) is 23.2 Å². The van der Waals surface area contributed by atoms with Crippen molar-refractivity contribution in [3.8, 4) is 0 Å². The van der Waals surface area contributed by atoms with E-state index in [2.05, 4.69) is 33.5 Å². The molecule has 2 bridgehead atoms. The Bertz CT molecular complexity index is 607. The Morgan fingerprint density at radius 3 is 2.77 bits per heavy atom. The maximum absolute atomic E-state index is 13.2. The number of carbonyl (C=O) groups is 3. The molecule has 3 unspecified atom stereocenters. The van der Waals surface area contributed by atoms with E-state index in [1.54, 1.807) is 18.8 Å². The van der Waals surface area contributed by atoms with Crippen molar-refractivity contribution in [2.24, 2.45) is 11.8 Å². The first-order valence-electron chi connectivity index (χ1n) is 9.15. The van der Waals surface area contributed by atoms with E-state index in [0.717, 1.165) is 12.8 Å². The second-order valence-corrected chi connectivity index (χ2v) is 9.89. The molecule has 0 aromatic carbocycles. The number of halogens is 1. The number of alkyl halides is 1. The Balaban J connectivity index is 1.96. The summed E-state index contributed by atoms with van der Waals surface area (Å²) in [7, 11) is 1.58. The number of nitrogens with zero attached hydrogens (tertiary/aromatic N) is 1. The highest BCUT2D eigenvalue weighted by molar-refractivity contribution is 9.09. The van der Waals surface area contributed by atoms with Crippen LogP contribution in [0.1, 0.15) is 26.2 Å². The van der Waals surface area contributed by atoms with Crippen molar-refractivity contribution >= 4 is 45.4 Å². The highest BCUT2D eigenvalue weighted by Crippen LogP contribution is 2.67. The van der Waals surface area contributed by atoms with E-state index < -0.39 is 22.6 Å². The summed E-state index contributed by atoms with van der Waals surface area (Å²) in [6.07, 6.45) is 2.51. The van der Waals surface area contributed by atoms with Crippen LogP contribution in [-0.4, -0.2) is 75.3 Å². The van der Waals surface area contributed by atoms with E-state index in [4.69, 9.17) is 0 Å². The van der Waals surface area contributed by atoms with Crippen LogP contribution in [0, 0.1) is 11.8 Å². The number of carbonyl (C=O) groups excluding carboxylic acids is 3. The number of β-amino-alcohol motifs (C(OH)–C–C–N with tert-alkyl or cyclic N) is 1. The predicted octanol–water partition coefficient (Wildman–Crippen LogP) is 0.106. The van der Waals surface area contributed by atoms with Crippen LogP contribution in [0.15, 0.2) is 0 Å². The van der Waals surface area contributed by atoms with Gasteiger partial charge in [-0.1, -0.05) is 29.3 Å². The number of hydrogen-bond acceptors (Lipinski definition) is 5. The molecule has 1 spiro atoms. The Hall–Kier alpha value is -0.800. The molecule has 3 fully saturated rings. The number of nitrogens with one attached hydrogen (secondary N) is 2. The summed E-state index contributed by atoms with van der Waals surface area (Å²) in [4.78, 5) is 40.3. The van der Waals surface area contributed by atoms with E-state index in [1.165, 1.54) is 4.90 Å². The van der Waals surface area contributed by atoms with E-state index >= 15 is 0 Å². The summed E-state index contributed by atoms with van der Waals surface area (Å²) in [5.74, 6) is -1.47. The number of aliphatic hydroxyl groups is 1. The quantitative estimate of drug-likeness (QED) is 0.379. The standard InChI is InChI=1S/C17H26BrN3O4S/c1-3-4-5-20-15(24)13-17-8-9(18)12(26-17)10(14(23)19-2)11(17)16(25)21(13)6-7-22/h9-13,22H,3-8H2,1-2H3,(H,19,23)(H,20,24)/t9?,10-,11+,12-,13?,17?/m1/s1. The van der Waals surface area contributed by atoms with Gasteiger partial charge in [-0.05, 0) is 12.8 Å². The zero-order chi connectivity index (χ0) is 19.1. The van der Waals surface area contributed by atoms with E-state index in [-0.39, 0.29) is 41.0 Å². The first-order valence-corrected chi connectivity index (χ1v) is 10.9. The van der Waals surface area contributed by atoms with Crippen LogP contribution in [0.5, 0.6) is 0 Å². The molecule has 7 nitrogen and oxygen atoms in total. The summed E-state index contributed by atoms with van der Waals surface area (Å²) >= 11 is 5.28. The van der Waals surface area contributed by atoms with Gasteiger partial charge in [-0.25, -0.2) is 0 Å².